The van der Waals surface area contributed by atoms with Crippen LogP contribution in [0.4, 0.5) is 0 Å². The molecule has 0 aromatic carbocycles. The smallest absolute Gasteiger partial charge is 0.289 e. The summed E-state index contributed by atoms with van der Waals surface area (Å²) in [5.41, 5.74) is 2.96. The van der Waals surface area contributed by atoms with Crippen LogP contribution in [0.25, 0.3) is 11.4 Å². The number of amides is 1. The minimum Gasteiger partial charge on any atom is -0.455 e. The number of aromatic amines is 1. The van der Waals surface area contributed by atoms with Crippen molar-refractivity contribution >= 4 is 5.91 Å². The van der Waals surface area contributed by atoms with Crippen LogP contribution < -0.4 is 0 Å². The van der Waals surface area contributed by atoms with Crippen molar-refractivity contribution in [1.29, 1.82) is 0 Å². The van der Waals surface area contributed by atoms with Crippen molar-refractivity contribution in [2.45, 2.75) is 32.4 Å². The van der Waals surface area contributed by atoms with Gasteiger partial charge in [0.2, 0.25) is 0 Å². The molecule has 0 aliphatic carbocycles. The zero-order valence-corrected chi connectivity index (χ0v) is 15.7. The van der Waals surface area contributed by atoms with E-state index >= 15 is 0 Å². The van der Waals surface area contributed by atoms with E-state index in [0.29, 0.717) is 18.8 Å². The van der Waals surface area contributed by atoms with Crippen LogP contribution in [0.5, 0.6) is 0 Å². The molecule has 5 heterocycles. The fraction of sp³-hybridized carbons (Fsp3) is 0.381. The molecule has 28 heavy (non-hydrogen) atoms. The van der Waals surface area contributed by atoms with Crippen molar-refractivity contribution in [3.05, 3.63) is 59.6 Å². The van der Waals surface area contributed by atoms with E-state index in [0.717, 1.165) is 54.6 Å². The quantitative estimate of drug-likeness (QED) is 0.756. The molecular formula is C21H23N5O2. The molecule has 3 aromatic heterocycles. The zero-order valence-electron chi connectivity index (χ0n) is 15.7. The maximum atomic E-state index is 12.9. The van der Waals surface area contributed by atoms with Gasteiger partial charge in [-0.15, -0.1) is 0 Å². The number of pyridine rings is 1. The van der Waals surface area contributed by atoms with Gasteiger partial charge in [-0.25, -0.2) is 4.98 Å². The van der Waals surface area contributed by atoms with E-state index in [-0.39, 0.29) is 5.91 Å². The number of likely N-dealkylation sites (tertiary alicyclic amines) is 1. The van der Waals surface area contributed by atoms with Gasteiger partial charge >= 0.3 is 0 Å². The third kappa shape index (κ3) is 3.33. The average Bonchev–Trinajstić information content (AvgIpc) is 3.48. The maximum absolute atomic E-state index is 12.9. The second-order valence-corrected chi connectivity index (χ2v) is 7.48. The number of fused-ring (bicyclic) bond motifs is 1. The highest BCUT2D eigenvalue weighted by molar-refractivity contribution is 5.91. The number of carbonyl (C=O) groups is 1. The molecule has 5 rings (SSSR count). The van der Waals surface area contributed by atoms with Crippen molar-refractivity contribution in [2.24, 2.45) is 0 Å². The molecule has 1 saturated heterocycles. The molecule has 0 atom stereocenters. The Morgan fingerprint density at radius 1 is 1.18 bits per heavy atom. The SMILES string of the molecule is O=C(c1ccc(CN2CCCC2)o1)N1CCc2nc(-c3cccnc3)[nH]c2C1. The Morgan fingerprint density at radius 3 is 2.89 bits per heavy atom. The number of hydrogen-bond donors (Lipinski definition) is 1. The van der Waals surface area contributed by atoms with Gasteiger partial charge in [-0.3, -0.25) is 14.7 Å². The van der Waals surface area contributed by atoms with E-state index in [1.54, 1.807) is 18.5 Å². The summed E-state index contributed by atoms with van der Waals surface area (Å²) in [6, 6.07) is 7.60. The minimum absolute atomic E-state index is 0.0594. The molecule has 144 valence electrons. The molecule has 3 aromatic rings. The number of H-pyrrole nitrogens is 1. The van der Waals surface area contributed by atoms with Gasteiger partial charge in [-0.1, -0.05) is 0 Å². The molecule has 7 heteroatoms. The highest BCUT2D eigenvalue weighted by atomic mass is 16.4. The third-order valence-corrected chi connectivity index (χ3v) is 5.50. The van der Waals surface area contributed by atoms with Gasteiger partial charge in [0.05, 0.1) is 24.5 Å². The van der Waals surface area contributed by atoms with Gasteiger partial charge in [0.1, 0.15) is 11.6 Å². The van der Waals surface area contributed by atoms with Gasteiger partial charge in [-0.2, -0.15) is 0 Å². The summed E-state index contributed by atoms with van der Waals surface area (Å²) >= 11 is 0. The highest BCUT2D eigenvalue weighted by Crippen LogP contribution is 2.24. The lowest BCUT2D eigenvalue weighted by Gasteiger charge is -2.25. The van der Waals surface area contributed by atoms with Crippen LogP contribution in [0.15, 0.2) is 41.1 Å². The van der Waals surface area contributed by atoms with Gasteiger partial charge in [-0.05, 0) is 50.2 Å². The number of carbonyl (C=O) groups excluding carboxylic acids is 1. The molecule has 0 radical (unpaired) electrons. The zero-order chi connectivity index (χ0) is 18.9. The van der Waals surface area contributed by atoms with Crippen molar-refractivity contribution in [1.82, 2.24) is 24.8 Å². The van der Waals surface area contributed by atoms with Gasteiger partial charge in [0.15, 0.2) is 5.76 Å². The molecule has 2 aliphatic rings. The molecule has 1 N–H and O–H groups in total. The molecule has 0 unspecified atom stereocenters. The van der Waals surface area contributed by atoms with Crippen LogP contribution >= 0.6 is 0 Å². The average molecular weight is 377 g/mol. The van der Waals surface area contributed by atoms with Crippen molar-refractivity contribution in [3.63, 3.8) is 0 Å². The number of furan rings is 1. The minimum atomic E-state index is -0.0594. The number of hydrogen-bond acceptors (Lipinski definition) is 5. The molecule has 0 spiro atoms. The summed E-state index contributed by atoms with van der Waals surface area (Å²) in [7, 11) is 0. The van der Waals surface area contributed by atoms with Gasteiger partial charge in [0, 0.05) is 30.9 Å². The van der Waals surface area contributed by atoms with Crippen molar-refractivity contribution < 1.29 is 9.21 Å². The Labute approximate surface area is 163 Å². The van der Waals surface area contributed by atoms with Gasteiger partial charge < -0.3 is 14.3 Å². The first-order chi connectivity index (χ1) is 13.8. The maximum Gasteiger partial charge on any atom is 0.289 e. The van der Waals surface area contributed by atoms with E-state index < -0.39 is 0 Å². The fourth-order valence-electron chi connectivity index (χ4n) is 4.00. The fourth-order valence-corrected chi connectivity index (χ4v) is 4.00. The van der Waals surface area contributed by atoms with Gasteiger partial charge in [0.25, 0.3) is 5.91 Å². The van der Waals surface area contributed by atoms with Crippen LogP contribution in [0.3, 0.4) is 0 Å². The van der Waals surface area contributed by atoms with Crippen LogP contribution in [0, 0.1) is 0 Å². The Morgan fingerprint density at radius 2 is 2.07 bits per heavy atom. The number of nitrogens with one attached hydrogen (secondary N) is 1. The Hall–Kier alpha value is -2.93. The summed E-state index contributed by atoms with van der Waals surface area (Å²) in [6.45, 7) is 4.16. The third-order valence-electron chi connectivity index (χ3n) is 5.50. The standard InChI is InChI=1S/C21H23N5O2/c27-21(19-6-5-16(28-19)13-25-9-1-2-10-25)26-11-7-17-18(14-26)24-20(23-17)15-4-3-8-22-12-15/h3-6,8,12H,1-2,7,9-11,13-14H2,(H,23,24). The topological polar surface area (TPSA) is 78.3 Å². The lowest BCUT2D eigenvalue weighted by atomic mass is 10.1. The lowest BCUT2D eigenvalue weighted by molar-refractivity contribution is 0.0696. The highest BCUT2D eigenvalue weighted by Gasteiger charge is 2.27. The summed E-state index contributed by atoms with van der Waals surface area (Å²) in [5, 5.41) is 0. The Bertz CT molecular complexity index is 972. The second-order valence-electron chi connectivity index (χ2n) is 7.48. The largest absolute Gasteiger partial charge is 0.455 e. The number of aromatic nitrogens is 3. The summed E-state index contributed by atoms with van der Waals surface area (Å²) in [4.78, 5) is 29.3. The van der Waals surface area contributed by atoms with E-state index in [1.807, 2.05) is 23.1 Å². The van der Waals surface area contributed by atoms with Crippen LogP contribution in [-0.4, -0.2) is 50.3 Å². The van der Waals surface area contributed by atoms with E-state index in [4.69, 9.17) is 4.42 Å². The summed E-state index contributed by atoms with van der Waals surface area (Å²) in [5.74, 6) is 2.03. The van der Waals surface area contributed by atoms with E-state index in [2.05, 4.69) is 19.9 Å². The van der Waals surface area contributed by atoms with E-state index in [9.17, 15) is 4.79 Å². The van der Waals surface area contributed by atoms with E-state index in [1.165, 1.54) is 12.8 Å². The molecule has 1 amide bonds. The molecule has 0 bridgehead atoms. The summed E-state index contributed by atoms with van der Waals surface area (Å²) in [6.07, 6.45) is 6.76. The van der Waals surface area contributed by atoms with Crippen molar-refractivity contribution in [3.8, 4) is 11.4 Å². The monoisotopic (exact) mass is 377 g/mol. The molecular weight excluding hydrogens is 354 g/mol. The number of imidazole rings is 1. The summed E-state index contributed by atoms with van der Waals surface area (Å²) < 4.78 is 5.86. The molecule has 0 saturated carbocycles. The number of rotatable bonds is 4. The molecule has 7 nitrogen and oxygen atoms in total. The van der Waals surface area contributed by atoms with Crippen LogP contribution in [-0.2, 0) is 19.5 Å². The second kappa shape index (κ2) is 7.24. The lowest BCUT2D eigenvalue weighted by Crippen LogP contribution is -2.35. The first-order valence-corrected chi connectivity index (χ1v) is 9.85. The Balaban J connectivity index is 1.28. The van der Waals surface area contributed by atoms with Crippen molar-refractivity contribution in [2.75, 3.05) is 19.6 Å². The van der Waals surface area contributed by atoms with Crippen LogP contribution in [0.1, 0.15) is 40.5 Å². The van der Waals surface area contributed by atoms with Crippen LogP contribution in [0.2, 0.25) is 0 Å². The first-order valence-electron chi connectivity index (χ1n) is 9.85. The predicted octanol–water partition coefficient (Wildman–Crippen LogP) is 2.86. The number of nitrogens with zero attached hydrogens (tertiary/aromatic N) is 4. The normalized spacial score (nSPS) is 17.1. The Kier molecular flexibility index (Phi) is 4.44. The molecule has 1 fully saturated rings. The molecule has 2 aliphatic heterocycles. The predicted molar refractivity (Wildman–Crippen MR) is 103 cm³/mol. The first kappa shape index (κ1) is 17.2.